The summed E-state index contributed by atoms with van der Waals surface area (Å²) in [4.78, 5) is 0. The van der Waals surface area contributed by atoms with Gasteiger partial charge in [0.05, 0.1) is 4.47 Å². The molecule has 0 radical (unpaired) electrons. The fourth-order valence-corrected chi connectivity index (χ4v) is 2.03. The lowest BCUT2D eigenvalue weighted by Crippen LogP contribution is -1.96. The third-order valence-corrected chi connectivity index (χ3v) is 3.42. The van der Waals surface area contributed by atoms with Crippen LogP contribution in [0.25, 0.3) is 0 Å². The molecule has 0 amide bonds. The third-order valence-electron chi connectivity index (χ3n) is 2.82. The van der Waals surface area contributed by atoms with Gasteiger partial charge >= 0.3 is 0 Å². The zero-order valence-corrected chi connectivity index (χ0v) is 11.8. The topological polar surface area (TPSA) is 38.0 Å². The molecule has 2 nitrogen and oxygen atoms in total. The molecule has 4 heteroatoms. The molecule has 0 bridgehead atoms. The summed E-state index contributed by atoms with van der Waals surface area (Å²) in [5.41, 5.74) is 10.2. The highest BCUT2D eigenvalue weighted by molar-refractivity contribution is 9.10. The van der Waals surface area contributed by atoms with Crippen molar-refractivity contribution in [2.24, 2.45) is 0 Å². The minimum atomic E-state index is -0.258. The number of nitrogens with one attached hydrogen (secondary N) is 1. The van der Waals surface area contributed by atoms with Gasteiger partial charge in [-0.25, -0.2) is 4.39 Å². The van der Waals surface area contributed by atoms with E-state index in [1.807, 2.05) is 32.0 Å². The second kappa shape index (κ2) is 4.98. The van der Waals surface area contributed by atoms with Gasteiger partial charge in [0.25, 0.3) is 0 Å². The highest BCUT2D eigenvalue weighted by Crippen LogP contribution is 2.28. The number of halogens is 2. The van der Waals surface area contributed by atoms with Gasteiger partial charge in [-0.15, -0.1) is 0 Å². The lowest BCUT2D eigenvalue weighted by atomic mass is 10.1. The van der Waals surface area contributed by atoms with E-state index in [0.29, 0.717) is 4.47 Å². The van der Waals surface area contributed by atoms with E-state index in [1.54, 1.807) is 6.07 Å². The van der Waals surface area contributed by atoms with Crippen LogP contribution >= 0.6 is 15.9 Å². The molecule has 0 spiro atoms. The monoisotopic (exact) mass is 308 g/mol. The highest BCUT2D eigenvalue weighted by atomic mass is 79.9. The average molecular weight is 309 g/mol. The van der Waals surface area contributed by atoms with Crippen LogP contribution in [0.2, 0.25) is 0 Å². The summed E-state index contributed by atoms with van der Waals surface area (Å²) >= 11 is 3.18. The van der Waals surface area contributed by atoms with Crippen LogP contribution in [0, 0.1) is 19.7 Å². The number of aryl methyl sites for hydroxylation is 2. The molecular formula is C14H14BrFN2. The van der Waals surface area contributed by atoms with Crippen LogP contribution < -0.4 is 11.1 Å². The van der Waals surface area contributed by atoms with E-state index in [4.69, 9.17) is 5.73 Å². The minimum absolute atomic E-state index is 0.258. The summed E-state index contributed by atoms with van der Waals surface area (Å²) in [5, 5.41) is 3.26. The molecule has 0 saturated heterocycles. The molecule has 0 unspecified atom stereocenters. The second-order valence-corrected chi connectivity index (χ2v) is 5.13. The Hall–Kier alpha value is -1.55. The summed E-state index contributed by atoms with van der Waals surface area (Å²) < 4.78 is 13.8. The van der Waals surface area contributed by atoms with E-state index >= 15 is 0 Å². The molecule has 0 aromatic heterocycles. The Balaban J connectivity index is 2.34. The van der Waals surface area contributed by atoms with Crippen molar-refractivity contribution >= 4 is 33.0 Å². The van der Waals surface area contributed by atoms with E-state index in [0.717, 1.165) is 28.2 Å². The third kappa shape index (κ3) is 2.64. The lowest BCUT2D eigenvalue weighted by molar-refractivity contribution is 0.620. The molecule has 3 N–H and O–H groups in total. The number of nitrogens with two attached hydrogens (primary N) is 1. The summed E-state index contributed by atoms with van der Waals surface area (Å²) in [5.74, 6) is -0.258. The van der Waals surface area contributed by atoms with E-state index < -0.39 is 0 Å². The van der Waals surface area contributed by atoms with Crippen LogP contribution in [0.5, 0.6) is 0 Å². The van der Waals surface area contributed by atoms with Gasteiger partial charge in [0.15, 0.2) is 0 Å². The molecule has 2 aromatic carbocycles. The number of benzene rings is 2. The van der Waals surface area contributed by atoms with Gasteiger partial charge in [0, 0.05) is 17.1 Å². The predicted molar refractivity (Wildman–Crippen MR) is 77.7 cm³/mol. The Bertz CT molecular complexity index is 597. The van der Waals surface area contributed by atoms with Gasteiger partial charge in [-0.1, -0.05) is 0 Å². The molecule has 0 aliphatic heterocycles. The Morgan fingerprint density at radius 2 is 1.83 bits per heavy atom. The Labute approximate surface area is 114 Å². The Kier molecular flexibility index (Phi) is 3.57. The van der Waals surface area contributed by atoms with Crippen LogP contribution in [0.3, 0.4) is 0 Å². The number of hydrogen-bond acceptors (Lipinski definition) is 2. The number of nitrogen functional groups attached to an aromatic ring is 1. The molecule has 2 rings (SSSR count). The highest BCUT2D eigenvalue weighted by Gasteiger charge is 2.06. The zero-order valence-electron chi connectivity index (χ0n) is 10.2. The lowest BCUT2D eigenvalue weighted by Gasteiger charge is -2.12. The zero-order chi connectivity index (χ0) is 13.3. The van der Waals surface area contributed by atoms with Gasteiger partial charge < -0.3 is 11.1 Å². The molecule has 18 heavy (non-hydrogen) atoms. The fraction of sp³-hybridized carbons (Fsp3) is 0.143. The van der Waals surface area contributed by atoms with Gasteiger partial charge in [-0.3, -0.25) is 0 Å². The van der Waals surface area contributed by atoms with Crippen molar-refractivity contribution in [3.8, 4) is 0 Å². The molecule has 94 valence electrons. The minimum Gasteiger partial charge on any atom is -0.399 e. The number of hydrogen-bond donors (Lipinski definition) is 2. The van der Waals surface area contributed by atoms with Crippen LogP contribution in [0.15, 0.2) is 34.8 Å². The first-order valence-electron chi connectivity index (χ1n) is 5.56. The fourth-order valence-electron chi connectivity index (χ4n) is 1.69. The summed E-state index contributed by atoms with van der Waals surface area (Å²) in [6.07, 6.45) is 0. The Morgan fingerprint density at radius 1 is 1.11 bits per heavy atom. The second-order valence-electron chi connectivity index (χ2n) is 4.28. The van der Waals surface area contributed by atoms with Crippen LogP contribution in [0.1, 0.15) is 11.1 Å². The number of rotatable bonds is 2. The first kappa shape index (κ1) is 12.9. The SMILES string of the molecule is Cc1cc(Nc2cc(Br)c(F)cc2C)ccc1N. The van der Waals surface area contributed by atoms with Crippen molar-refractivity contribution in [1.82, 2.24) is 0 Å². The summed E-state index contributed by atoms with van der Waals surface area (Å²) in [6, 6.07) is 8.95. The first-order chi connectivity index (χ1) is 8.47. The largest absolute Gasteiger partial charge is 0.399 e. The van der Waals surface area contributed by atoms with Gasteiger partial charge in [0.2, 0.25) is 0 Å². The van der Waals surface area contributed by atoms with Crippen LogP contribution in [-0.2, 0) is 0 Å². The molecule has 0 heterocycles. The summed E-state index contributed by atoms with van der Waals surface area (Å²) in [6.45, 7) is 3.82. The maximum absolute atomic E-state index is 13.3. The van der Waals surface area contributed by atoms with Crippen LogP contribution in [-0.4, -0.2) is 0 Å². The molecule has 0 saturated carbocycles. The van der Waals surface area contributed by atoms with Crippen molar-refractivity contribution in [2.45, 2.75) is 13.8 Å². The quantitative estimate of drug-likeness (QED) is 0.800. The van der Waals surface area contributed by atoms with Gasteiger partial charge in [-0.05, 0) is 71.2 Å². The van der Waals surface area contributed by atoms with Gasteiger partial charge in [-0.2, -0.15) is 0 Å². The molecular weight excluding hydrogens is 295 g/mol. The standard InChI is InChI=1S/C14H14BrFN2/c1-8-5-10(3-4-13(8)17)18-14-7-11(15)12(16)6-9(14)2/h3-7,18H,17H2,1-2H3. The molecule has 0 fully saturated rings. The normalized spacial score (nSPS) is 10.4. The average Bonchev–Trinajstić information content (AvgIpc) is 2.31. The predicted octanol–water partition coefficient (Wildman–Crippen LogP) is 4.53. The molecule has 0 aliphatic rings. The maximum atomic E-state index is 13.3. The van der Waals surface area contributed by atoms with Crippen molar-refractivity contribution in [2.75, 3.05) is 11.1 Å². The van der Waals surface area contributed by atoms with E-state index in [-0.39, 0.29) is 5.82 Å². The number of anilines is 3. The van der Waals surface area contributed by atoms with Crippen molar-refractivity contribution < 1.29 is 4.39 Å². The van der Waals surface area contributed by atoms with Crippen LogP contribution in [0.4, 0.5) is 21.5 Å². The van der Waals surface area contributed by atoms with E-state index in [1.165, 1.54) is 6.07 Å². The van der Waals surface area contributed by atoms with Crippen molar-refractivity contribution in [3.05, 3.63) is 51.7 Å². The van der Waals surface area contributed by atoms with E-state index in [2.05, 4.69) is 21.2 Å². The molecule has 0 aliphatic carbocycles. The first-order valence-corrected chi connectivity index (χ1v) is 6.35. The van der Waals surface area contributed by atoms with Gasteiger partial charge in [0.1, 0.15) is 5.82 Å². The van der Waals surface area contributed by atoms with E-state index in [9.17, 15) is 4.39 Å². The smallest absolute Gasteiger partial charge is 0.137 e. The van der Waals surface area contributed by atoms with Crippen molar-refractivity contribution in [1.29, 1.82) is 0 Å². The molecule has 2 aromatic rings. The molecule has 0 atom stereocenters. The van der Waals surface area contributed by atoms with Crippen molar-refractivity contribution in [3.63, 3.8) is 0 Å². The summed E-state index contributed by atoms with van der Waals surface area (Å²) in [7, 11) is 0. The Morgan fingerprint density at radius 3 is 2.50 bits per heavy atom. The maximum Gasteiger partial charge on any atom is 0.137 e.